The van der Waals surface area contributed by atoms with Crippen molar-refractivity contribution in [3.05, 3.63) is 23.8 Å². The van der Waals surface area contributed by atoms with E-state index < -0.39 is 0 Å². The van der Waals surface area contributed by atoms with Crippen molar-refractivity contribution in [2.45, 2.75) is 46.6 Å². The number of allylic oxidation sites excluding steroid dienone is 3. The molecule has 1 saturated heterocycles. The lowest BCUT2D eigenvalue weighted by atomic mass is 10.2. The van der Waals surface area contributed by atoms with E-state index in [2.05, 4.69) is 24.0 Å². The van der Waals surface area contributed by atoms with Crippen molar-refractivity contribution in [3.8, 4) is 0 Å². The first-order valence-corrected chi connectivity index (χ1v) is 6.41. The first kappa shape index (κ1) is 15.4. The van der Waals surface area contributed by atoms with Crippen LogP contribution in [0.4, 0.5) is 0 Å². The standard InChI is InChI=1S/C12H21NO.C2H6/c1-3-4-6-11(2)9-13-8-5-7-12(13)10-14;1-2/h3-4,6,12,14H,5,7-10H2,1-2H3;1-2H3/b4-3-,11-6+;/t12-;/m0./s1. The van der Waals surface area contributed by atoms with Gasteiger partial charge in [0, 0.05) is 12.6 Å². The summed E-state index contributed by atoms with van der Waals surface area (Å²) in [5.74, 6) is 0. The third-order valence-corrected chi connectivity index (χ3v) is 2.74. The minimum Gasteiger partial charge on any atom is -0.395 e. The largest absolute Gasteiger partial charge is 0.395 e. The highest BCUT2D eigenvalue weighted by atomic mass is 16.3. The van der Waals surface area contributed by atoms with Gasteiger partial charge in [0.2, 0.25) is 0 Å². The van der Waals surface area contributed by atoms with Gasteiger partial charge in [-0.05, 0) is 33.2 Å². The Kier molecular flexibility index (Phi) is 9.25. The molecule has 0 aromatic heterocycles. The van der Waals surface area contributed by atoms with Gasteiger partial charge in [0.1, 0.15) is 0 Å². The predicted octanol–water partition coefficient (Wildman–Crippen LogP) is 2.99. The van der Waals surface area contributed by atoms with Crippen LogP contribution in [0.1, 0.15) is 40.5 Å². The Morgan fingerprint density at radius 2 is 2.12 bits per heavy atom. The second-order valence-electron chi connectivity index (χ2n) is 3.99. The van der Waals surface area contributed by atoms with Gasteiger partial charge in [-0.25, -0.2) is 0 Å². The normalized spacial score (nSPS) is 22.3. The maximum absolute atomic E-state index is 9.15. The van der Waals surface area contributed by atoms with Crippen LogP contribution in [0.5, 0.6) is 0 Å². The van der Waals surface area contributed by atoms with Gasteiger partial charge in [-0.1, -0.05) is 37.6 Å². The Bertz CT molecular complexity index is 221. The first-order valence-electron chi connectivity index (χ1n) is 6.41. The van der Waals surface area contributed by atoms with Crippen molar-refractivity contribution >= 4 is 0 Å². The zero-order chi connectivity index (χ0) is 12.4. The summed E-state index contributed by atoms with van der Waals surface area (Å²) >= 11 is 0. The van der Waals surface area contributed by atoms with E-state index in [4.69, 9.17) is 5.11 Å². The van der Waals surface area contributed by atoms with E-state index in [1.165, 1.54) is 12.0 Å². The number of likely N-dealkylation sites (tertiary alicyclic amines) is 1. The highest BCUT2D eigenvalue weighted by Crippen LogP contribution is 2.17. The average molecular weight is 225 g/mol. The highest BCUT2D eigenvalue weighted by Gasteiger charge is 2.22. The highest BCUT2D eigenvalue weighted by molar-refractivity contribution is 5.11. The van der Waals surface area contributed by atoms with Crippen LogP contribution in [0.3, 0.4) is 0 Å². The number of rotatable bonds is 4. The summed E-state index contributed by atoms with van der Waals surface area (Å²) in [6.07, 6.45) is 8.62. The van der Waals surface area contributed by atoms with Gasteiger partial charge in [-0.3, -0.25) is 4.90 Å². The zero-order valence-electron chi connectivity index (χ0n) is 11.2. The number of nitrogens with zero attached hydrogens (tertiary/aromatic N) is 1. The molecule has 0 aromatic rings. The molecule has 0 aromatic carbocycles. The van der Waals surface area contributed by atoms with Crippen LogP contribution in [-0.2, 0) is 0 Å². The lowest BCUT2D eigenvalue weighted by Gasteiger charge is -2.22. The average Bonchev–Trinajstić information content (AvgIpc) is 2.76. The summed E-state index contributed by atoms with van der Waals surface area (Å²) in [5, 5.41) is 9.15. The second-order valence-corrected chi connectivity index (χ2v) is 3.99. The molecule has 0 unspecified atom stereocenters. The lowest BCUT2D eigenvalue weighted by Crippen LogP contribution is -2.33. The Balaban J connectivity index is 0.00000106. The Hall–Kier alpha value is -0.600. The third-order valence-electron chi connectivity index (χ3n) is 2.74. The van der Waals surface area contributed by atoms with Crippen LogP contribution >= 0.6 is 0 Å². The molecule has 94 valence electrons. The molecule has 2 nitrogen and oxygen atoms in total. The van der Waals surface area contributed by atoms with Gasteiger partial charge in [-0.2, -0.15) is 0 Å². The lowest BCUT2D eigenvalue weighted by molar-refractivity contribution is 0.167. The topological polar surface area (TPSA) is 23.5 Å². The predicted molar refractivity (Wildman–Crippen MR) is 71.6 cm³/mol. The maximum Gasteiger partial charge on any atom is 0.0587 e. The van der Waals surface area contributed by atoms with Crippen molar-refractivity contribution in [1.82, 2.24) is 4.90 Å². The fourth-order valence-corrected chi connectivity index (χ4v) is 1.94. The van der Waals surface area contributed by atoms with Gasteiger partial charge >= 0.3 is 0 Å². The van der Waals surface area contributed by atoms with Crippen LogP contribution in [-0.4, -0.2) is 35.7 Å². The van der Waals surface area contributed by atoms with Crippen LogP contribution in [0.25, 0.3) is 0 Å². The van der Waals surface area contributed by atoms with Gasteiger partial charge in [0.25, 0.3) is 0 Å². The summed E-state index contributed by atoms with van der Waals surface area (Å²) in [5.41, 5.74) is 1.36. The molecular formula is C14H27NO. The maximum atomic E-state index is 9.15. The van der Waals surface area contributed by atoms with Crippen molar-refractivity contribution in [2.75, 3.05) is 19.7 Å². The Labute approximate surface area is 101 Å². The fraction of sp³-hybridized carbons (Fsp3) is 0.714. The molecule has 1 heterocycles. The van der Waals surface area contributed by atoms with Gasteiger partial charge in [0.15, 0.2) is 0 Å². The van der Waals surface area contributed by atoms with Crippen LogP contribution in [0.15, 0.2) is 23.8 Å². The summed E-state index contributed by atoms with van der Waals surface area (Å²) in [4.78, 5) is 2.37. The van der Waals surface area contributed by atoms with Crippen LogP contribution in [0.2, 0.25) is 0 Å². The van der Waals surface area contributed by atoms with Gasteiger partial charge in [-0.15, -0.1) is 0 Å². The molecule has 0 aliphatic carbocycles. The molecule has 2 heteroatoms. The molecule has 0 bridgehead atoms. The van der Waals surface area contributed by atoms with E-state index >= 15 is 0 Å². The molecule has 1 fully saturated rings. The summed E-state index contributed by atoms with van der Waals surface area (Å²) in [6, 6.07) is 0.393. The molecule has 0 spiro atoms. The van der Waals surface area contributed by atoms with E-state index in [1.807, 2.05) is 26.8 Å². The summed E-state index contributed by atoms with van der Waals surface area (Å²) in [6.45, 7) is 10.6. The van der Waals surface area contributed by atoms with Crippen molar-refractivity contribution < 1.29 is 5.11 Å². The van der Waals surface area contributed by atoms with E-state index in [9.17, 15) is 0 Å². The van der Waals surface area contributed by atoms with Gasteiger partial charge < -0.3 is 5.11 Å². The zero-order valence-corrected chi connectivity index (χ0v) is 11.2. The number of aliphatic hydroxyl groups excluding tert-OH is 1. The molecule has 1 rings (SSSR count). The van der Waals surface area contributed by atoms with E-state index in [0.29, 0.717) is 12.6 Å². The third kappa shape index (κ3) is 5.47. The summed E-state index contributed by atoms with van der Waals surface area (Å²) < 4.78 is 0. The molecule has 1 aliphatic rings. The first-order chi connectivity index (χ1) is 7.77. The number of hydrogen-bond donors (Lipinski definition) is 1. The van der Waals surface area contributed by atoms with Crippen molar-refractivity contribution in [2.24, 2.45) is 0 Å². The molecule has 1 N–H and O–H groups in total. The molecular weight excluding hydrogens is 198 g/mol. The fourth-order valence-electron chi connectivity index (χ4n) is 1.94. The SMILES string of the molecule is C/C=C\C=C(/C)CN1CCC[C@H]1CO.CC. The van der Waals surface area contributed by atoms with Crippen LogP contribution in [0, 0.1) is 0 Å². The molecule has 1 atom stereocenters. The van der Waals surface area contributed by atoms with E-state index in [0.717, 1.165) is 19.5 Å². The van der Waals surface area contributed by atoms with E-state index in [1.54, 1.807) is 0 Å². The molecule has 1 aliphatic heterocycles. The van der Waals surface area contributed by atoms with Crippen molar-refractivity contribution in [3.63, 3.8) is 0 Å². The van der Waals surface area contributed by atoms with Crippen LogP contribution < -0.4 is 0 Å². The Morgan fingerprint density at radius 3 is 2.69 bits per heavy atom. The number of aliphatic hydroxyl groups is 1. The minimum absolute atomic E-state index is 0.302. The van der Waals surface area contributed by atoms with Crippen molar-refractivity contribution in [1.29, 1.82) is 0 Å². The molecule has 16 heavy (non-hydrogen) atoms. The second kappa shape index (κ2) is 9.61. The molecule has 0 amide bonds. The minimum atomic E-state index is 0.302. The quantitative estimate of drug-likeness (QED) is 0.744. The van der Waals surface area contributed by atoms with Gasteiger partial charge in [0.05, 0.1) is 6.61 Å². The number of hydrogen-bond acceptors (Lipinski definition) is 2. The smallest absolute Gasteiger partial charge is 0.0587 e. The molecule has 0 radical (unpaired) electrons. The Morgan fingerprint density at radius 1 is 1.44 bits per heavy atom. The monoisotopic (exact) mass is 225 g/mol. The molecule has 0 saturated carbocycles. The summed E-state index contributed by atoms with van der Waals surface area (Å²) in [7, 11) is 0. The van der Waals surface area contributed by atoms with E-state index in [-0.39, 0.29) is 0 Å².